The second kappa shape index (κ2) is 9.41. The van der Waals surface area contributed by atoms with E-state index in [4.69, 9.17) is 13.8 Å². The van der Waals surface area contributed by atoms with Crippen molar-refractivity contribution in [1.29, 1.82) is 0 Å². The molecule has 0 atom stereocenters. The van der Waals surface area contributed by atoms with Crippen LogP contribution in [-0.4, -0.2) is 25.4 Å². The quantitative estimate of drug-likeness (QED) is 0.525. The molecule has 0 aromatic heterocycles. The number of nitrogens with one attached hydrogen (secondary N) is 1. The van der Waals surface area contributed by atoms with Gasteiger partial charge in [-0.25, -0.2) is 4.57 Å². The zero-order chi connectivity index (χ0) is 19.0. The highest BCUT2D eigenvalue weighted by atomic mass is 31.2. The molecule has 0 radical (unpaired) electrons. The van der Waals surface area contributed by atoms with Gasteiger partial charge in [-0.3, -0.25) is 10.1 Å². The number of carbonyl (C=O) groups is 1. The molecule has 0 saturated heterocycles. The third-order valence-electron chi connectivity index (χ3n) is 3.41. The highest BCUT2D eigenvalue weighted by molar-refractivity contribution is 7.54. The fourth-order valence-corrected chi connectivity index (χ4v) is 3.55. The second-order valence-corrected chi connectivity index (χ2v) is 7.71. The van der Waals surface area contributed by atoms with Crippen LogP contribution in [0.2, 0.25) is 0 Å². The van der Waals surface area contributed by atoms with Gasteiger partial charge in [-0.15, -0.1) is 0 Å². The molecular formula is C19H24NO5P. The maximum Gasteiger partial charge on any atom is 0.444 e. The number of esters is 1. The molecule has 0 amide bonds. The summed E-state index contributed by atoms with van der Waals surface area (Å²) in [5, 5.41) is 2.79. The smallest absolute Gasteiger partial charge is 0.444 e. The van der Waals surface area contributed by atoms with Gasteiger partial charge in [-0.2, -0.15) is 0 Å². The lowest BCUT2D eigenvalue weighted by Crippen LogP contribution is -2.27. The van der Waals surface area contributed by atoms with Crippen molar-refractivity contribution in [3.63, 3.8) is 0 Å². The molecule has 6 nitrogen and oxygen atoms in total. The molecule has 0 unspecified atom stereocenters. The van der Waals surface area contributed by atoms with Crippen molar-refractivity contribution in [2.75, 3.05) is 19.4 Å². The third-order valence-corrected chi connectivity index (χ3v) is 5.00. The van der Waals surface area contributed by atoms with Crippen LogP contribution < -0.4 is 14.4 Å². The van der Waals surface area contributed by atoms with E-state index in [1.807, 2.05) is 38.1 Å². The monoisotopic (exact) mass is 377 g/mol. The van der Waals surface area contributed by atoms with Crippen LogP contribution >= 0.6 is 7.60 Å². The first-order chi connectivity index (χ1) is 12.4. The van der Waals surface area contributed by atoms with E-state index >= 15 is 0 Å². The average Bonchev–Trinajstić information content (AvgIpc) is 2.59. The normalized spacial score (nSPS) is 11.0. The van der Waals surface area contributed by atoms with E-state index in [1.165, 1.54) is 0 Å². The highest BCUT2D eigenvalue weighted by Crippen LogP contribution is 2.47. The minimum absolute atomic E-state index is 0.0770. The van der Waals surface area contributed by atoms with Gasteiger partial charge in [0.05, 0.1) is 13.2 Å². The Balaban J connectivity index is 2.10. The minimum atomic E-state index is -3.59. The summed E-state index contributed by atoms with van der Waals surface area (Å²) in [6, 6.07) is 14.3. The minimum Gasteiger partial charge on any atom is -0.465 e. The van der Waals surface area contributed by atoms with Crippen LogP contribution in [0.25, 0.3) is 0 Å². The fraction of sp³-hybridized carbons (Fsp3) is 0.316. The topological polar surface area (TPSA) is 73.9 Å². The fourth-order valence-electron chi connectivity index (χ4n) is 2.11. The van der Waals surface area contributed by atoms with Crippen molar-refractivity contribution in [2.24, 2.45) is 0 Å². The van der Waals surface area contributed by atoms with Gasteiger partial charge in [0.1, 0.15) is 17.8 Å². The average molecular weight is 377 g/mol. The Morgan fingerprint density at radius 3 is 1.81 bits per heavy atom. The van der Waals surface area contributed by atoms with E-state index in [-0.39, 0.29) is 19.4 Å². The third kappa shape index (κ3) is 6.54. The number of rotatable bonds is 9. The molecule has 1 N–H and O–H groups in total. The Morgan fingerprint density at radius 1 is 0.923 bits per heavy atom. The maximum absolute atomic E-state index is 13.2. The van der Waals surface area contributed by atoms with Crippen LogP contribution in [0.3, 0.4) is 0 Å². The zero-order valence-corrected chi connectivity index (χ0v) is 16.1. The van der Waals surface area contributed by atoms with Gasteiger partial charge in [-0.1, -0.05) is 35.4 Å². The Hall–Kier alpha value is -2.30. The molecule has 0 fully saturated rings. The predicted octanol–water partition coefficient (Wildman–Crippen LogP) is 4.06. The van der Waals surface area contributed by atoms with E-state index in [1.54, 1.807) is 31.2 Å². The van der Waals surface area contributed by atoms with E-state index < -0.39 is 13.6 Å². The number of benzene rings is 2. The van der Waals surface area contributed by atoms with Gasteiger partial charge in [0, 0.05) is 0 Å². The van der Waals surface area contributed by atoms with E-state index in [0.717, 1.165) is 11.1 Å². The summed E-state index contributed by atoms with van der Waals surface area (Å²) in [4.78, 5) is 11.5. The molecule has 26 heavy (non-hydrogen) atoms. The molecule has 0 spiro atoms. The maximum atomic E-state index is 13.2. The predicted molar refractivity (Wildman–Crippen MR) is 101 cm³/mol. The molecule has 2 aromatic rings. The summed E-state index contributed by atoms with van der Waals surface area (Å²) in [5.41, 5.74) is 2.12. The highest BCUT2D eigenvalue weighted by Gasteiger charge is 2.28. The first kappa shape index (κ1) is 20.0. The molecule has 2 aromatic carbocycles. The van der Waals surface area contributed by atoms with Crippen LogP contribution in [0.4, 0.5) is 0 Å². The summed E-state index contributed by atoms with van der Waals surface area (Å²) in [6.45, 7) is 5.84. The lowest BCUT2D eigenvalue weighted by molar-refractivity contribution is -0.141. The summed E-state index contributed by atoms with van der Waals surface area (Å²) < 4.78 is 29.4. The summed E-state index contributed by atoms with van der Waals surface area (Å²) in [7, 11) is -3.59. The van der Waals surface area contributed by atoms with E-state index in [9.17, 15) is 9.36 Å². The summed E-state index contributed by atoms with van der Waals surface area (Å²) in [5.74, 6) is 0.442. The van der Waals surface area contributed by atoms with Crippen LogP contribution in [0.5, 0.6) is 11.5 Å². The second-order valence-electron chi connectivity index (χ2n) is 5.81. The molecule has 2 rings (SSSR count). The molecule has 0 aliphatic carbocycles. The van der Waals surface area contributed by atoms with Crippen LogP contribution in [0.1, 0.15) is 18.1 Å². The van der Waals surface area contributed by atoms with Crippen molar-refractivity contribution in [1.82, 2.24) is 5.32 Å². The van der Waals surface area contributed by atoms with Gasteiger partial charge in [0.2, 0.25) is 0 Å². The Kier molecular flexibility index (Phi) is 7.25. The summed E-state index contributed by atoms with van der Waals surface area (Å²) >= 11 is 0. The van der Waals surface area contributed by atoms with Crippen molar-refractivity contribution in [3.8, 4) is 11.5 Å². The first-order valence-electron chi connectivity index (χ1n) is 8.38. The van der Waals surface area contributed by atoms with E-state index in [0.29, 0.717) is 11.5 Å². The number of hydrogen-bond donors (Lipinski definition) is 1. The van der Waals surface area contributed by atoms with Gasteiger partial charge < -0.3 is 13.8 Å². The molecule has 0 heterocycles. The first-order valence-corrected chi connectivity index (χ1v) is 10.1. The zero-order valence-electron chi connectivity index (χ0n) is 15.2. The molecule has 0 aliphatic rings. The van der Waals surface area contributed by atoms with Crippen molar-refractivity contribution in [3.05, 3.63) is 59.7 Å². The van der Waals surface area contributed by atoms with Crippen LogP contribution in [0.15, 0.2) is 48.5 Å². The number of aryl methyl sites for hydroxylation is 2. The van der Waals surface area contributed by atoms with Crippen molar-refractivity contribution in [2.45, 2.75) is 20.8 Å². The van der Waals surface area contributed by atoms with Gasteiger partial charge in [-0.05, 0) is 45.0 Å². The summed E-state index contributed by atoms with van der Waals surface area (Å²) in [6.07, 6.45) is -0.131. The van der Waals surface area contributed by atoms with E-state index in [2.05, 4.69) is 5.32 Å². The molecule has 0 aliphatic heterocycles. The van der Waals surface area contributed by atoms with Crippen LogP contribution in [0, 0.1) is 13.8 Å². The molecule has 0 bridgehead atoms. The number of carbonyl (C=O) groups excluding carboxylic acids is 1. The Morgan fingerprint density at radius 2 is 1.38 bits per heavy atom. The molecule has 7 heteroatoms. The standard InChI is InChI=1S/C19H24NO5P/c1-4-23-19(21)13-20-14-26(22,24-17-9-5-15(2)6-10-17)25-18-11-7-16(3)8-12-18/h5-12,20H,4,13-14H2,1-3H3. The van der Waals surface area contributed by atoms with Crippen molar-refractivity contribution >= 4 is 13.6 Å². The number of ether oxygens (including phenoxy) is 1. The SMILES string of the molecule is CCOC(=O)CNCP(=O)(Oc1ccc(C)cc1)Oc1ccc(C)cc1. The molecule has 140 valence electrons. The Bertz CT molecular complexity index is 707. The van der Waals surface area contributed by atoms with Crippen LogP contribution in [-0.2, 0) is 14.1 Å². The van der Waals surface area contributed by atoms with Gasteiger partial charge in [0.15, 0.2) is 0 Å². The van der Waals surface area contributed by atoms with Gasteiger partial charge in [0.25, 0.3) is 0 Å². The lowest BCUT2D eigenvalue weighted by atomic mass is 10.2. The number of hydrogen-bond acceptors (Lipinski definition) is 6. The molecular weight excluding hydrogens is 353 g/mol. The van der Waals surface area contributed by atoms with Gasteiger partial charge >= 0.3 is 13.6 Å². The Labute approximate surface area is 154 Å². The van der Waals surface area contributed by atoms with Crippen molar-refractivity contribution < 1.29 is 23.1 Å². The lowest BCUT2D eigenvalue weighted by Gasteiger charge is -2.20. The molecule has 0 saturated carbocycles. The largest absolute Gasteiger partial charge is 0.465 e.